The number of carbonyl (C=O) groups excluding carboxylic acids is 1. The first-order chi connectivity index (χ1) is 9.53. The van der Waals surface area contributed by atoms with E-state index >= 15 is 0 Å². The first-order valence-corrected chi connectivity index (χ1v) is 7.24. The topological polar surface area (TPSA) is 54.0 Å². The second kappa shape index (κ2) is 7.22. The molecular formula is C15H24FN3O. The molecular weight excluding hydrogens is 257 g/mol. The van der Waals surface area contributed by atoms with E-state index in [1.807, 2.05) is 27.7 Å². The summed E-state index contributed by atoms with van der Waals surface area (Å²) in [7, 11) is 0. The van der Waals surface area contributed by atoms with Crippen LogP contribution in [0.4, 0.5) is 10.2 Å². The van der Waals surface area contributed by atoms with Crippen LogP contribution in [0.5, 0.6) is 0 Å². The Hall–Kier alpha value is -1.65. The molecule has 112 valence electrons. The van der Waals surface area contributed by atoms with Crippen LogP contribution in [0.15, 0.2) is 12.3 Å². The Labute approximate surface area is 120 Å². The van der Waals surface area contributed by atoms with Gasteiger partial charge in [-0.15, -0.1) is 0 Å². The molecule has 0 atom stereocenters. The normalized spacial score (nSPS) is 11.2. The van der Waals surface area contributed by atoms with Crippen molar-refractivity contribution in [3.8, 4) is 0 Å². The summed E-state index contributed by atoms with van der Waals surface area (Å²) in [5, 5.41) is 5.78. The maximum atomic E-state index is 14.2. The lowest BCUT2D eigenvalue weighted by Crippen LogP contribution is -2.47. The van der Waals surface area contributed by atoms with Gasteiger partial charge in [0.05, 0.1) is 5.56 Å². The van der Waals surface area contributed by atoms with Crippen LogP contribution in [0, 0.1) is 5.82 Å². The molecule has 20 heavy (non-hydrogen) atoms. The minimum absolute atomic E-state index is 0.0377. The summed E-state index contributed by atoms with van der Waals surface area (Å²) in [6.07, 6.45) is 3.90. The van der Waals surface area contributed by atoms with E-state index in [9.17, 15) is 9.18 Å². The molecule has 0 aromatic carbocycles. The molecule has 0 saturated carbocycles. The Morgan fingerprint density at radius 3 is 2.35 bits per heavy atom. The molecule has 2 N–H and O–H groups in total. The van der Waals surface area contributed by atoms with Crippen molar-refractivity contribution in [3.63, 3.8) is 0 Å². The van der Waals surface area contributed by atoms with Crippen molar-refractivity contribution in [3.05, 3.63) is 23.6 Å². The van der Waals surface area contributed by atoms with E-state index in [4.69, 9.17) is 0 Å². The fraction of sp³-hybridized carbons (Fsp3) is 0.600. The van der Waals surface area contributed by atoms with Crippen LogP contribution < -0.4 is 10.6 Å². The molecule has 1 aromatic rings. The Morgan fingerprint density at radius 1 is 1.25 bits per heavy atom. The largest absolute Gasteiger partial charge is 0.368 e. The summed E-state index contributed by atoms with van der Waals surface area (Å²) >= 11 is 0. The van der Waals surface area contributed by atoms with E-state index in [2.05, 4.69) is 15.6 Å². The second-order valence-electron chi connectivity index (χ2n) is 4.85. The SMILES string of the molecule is CCNc1nccc(C(=O)NC(CC)(CC)CC)c1F. The monoisotopic (exact) mass is 281 g/mol. The molecule has 0 bridgehead atoms. The first-order valence-electron chi connectivity index (χ1n) is 7.24. The number of carbonyl (C=O) groups is 1. The predicted molar refractivity (Wildman–Crippen MR) is 79.4 cm³/mol. The number of hydrogen-bond donors (Lipinski definition) is 2. The van der Waals surface area contributed by atoms with Crippen molar-refractivity contribution in [1.82, 2.24) is 10.3 Å². The molecule has 0 aliphatic heterocycles. The van der Waals surface area contributed by atoms with Crippen LogP contribution in [0.3, 0.4) is 0 Å². The lowest BCUT2D eigenvalue weighted by molar-refractivity contribution is 0.0884. The van der Waals surface area contributed by atoms with Gasteiger partial charge in [0.1, 0.15) is 0 Å². The van der Waals surface area contributed by atoms with E-state index in [-0.39, 0.29) is 22.8 Å². The number of halogens is 1. The number of pyridine rings is 1. The summed E-state index contributed by atoms with van der Waals surface area (Å²) in [5.74, 6) is -0.853. The standard InChI is InChI=1S/C15H24FN3O/c1-5-15(6-2,7-3)19-14(20)11-9-10-18-13(12(11)16)17-8-4/h9-10H,5-8H2,1-4H3,(H,17,18)(H,19,20). The van der Waals surface area contributed by atoms with Crippen molar-refractivity contribution >= 4 is 11.7 Å². The van der Waals surface area contributed by atoms with Crippen molar-refractivity contribution in [1.29, 1.82) is 0 Å². The quantitative estimate of drug-likeness (QED) is 0.806. The molecule has 0 aliphatic carbocycles. The van der Waals surface area contributed by atoms with Gasteiger partial charge < -0.3 is 10.6 Å². The van der Waals surface area contributed by atoms with E-state index in [1.54, 1.807) is 0 Å². The van der Waals surface area contributed by atoms with Crippen molar-refractivity contribution in [2.24, 2.45) is 0 Å². The minimum Gasteiger partial charge on any atom is -0.368 e. The maximum absolute atomic E-state index is 14.2. The Balaban J connectivity index is 3.01. The lowest BCUT2D eigenvalue weighted by Gasteiger charge is -2.31. The molecule has 0 saturated heterocycles. The van der Waals surface area contributed by atoms with Gasteiger partial charge in [0, 0.05) is 18.3 Å². The zero-order valence-electron chi connectivity index (χ0n) is 12.7. The van der Waals surface area contributed by atoms with Gasteiger partial charge in [-0.1, -0.05) is 20.8 Å². The minimum atomic E-state index is -0.593. The fourth-order valence-corrected chi connectivity index (χ4v) is 2.23. The van der Waals surface area contributed by atoms with Crippen LogP contribution >= 0.6 is 0 Å². The zero-order valence-corrected chi connectivity index (χ0v) is 12.7. The van der Waals surface area contributed by atoms with E-state index in [1.165, 1.54) is 12.3 Å². The van der Waals surface area contributed by atoms with Gasteiger partial charge in [-0.25, -0.2) is 9.37 Å². The third-order valence-corrected chi connectivity index (χ3v) is 3.89. The van der Waals surface area contributed by atoms with Crippen LogP contribution in [0.1, 0.15) is 57.3 Å². The molecule has 0 fully saturated rings. The summed E-state index contributed by atoms with van der Waals surface area (Å²) in [5.41, 5.74) is -0.235. The van der Waals surface area contributed by atoms with Crippen molar-refractivity contribution in [2.75, 3.05) is 11.9 Å². The number of amides is 1. The van der Waals surface area contributed by atoms with E-state index in [0.29, 0.717) is 6.54 Å². The lowest BCUT2D eigenvalue weighted by atomic mass is 9.89. The molecule has 0 spiro atoms. The first kappa shape index (κ1) is 16.4. The predicted octanol–water partition coefficient (Wildman–Crippen LogP) is 3.35. The second-order valence-corrected chi connectivity index (χ2v) is 4.85. The number of anilines is 1. The van der Waals surface area contributed by atoms with E-state index < -0.39 is 5.82 Å². The number of rotatable bonds is 7. The van der Waals surface area contributed by atoms with Crippen LogP contribution in [0.25, 0.3) is 0 Å². The average Bonchev–Trinajstić information content (AvgIpc) is 2.47. The zero-order chi connectivity index (χ0) is 15.2. The number of nitrogens with one attached hydrogen (secondary N) is 2. The Bertz CT molecular complexity index is 450. The van der Waals surface area contributed by atoms with Gasteiger partial charge >= 0.3 is 0 Å². The Morgan fingerprint density at radius 2 is 1.85 bits per heavy atom. The molecule has 1 amide bonds. The highest BCUT2D eigenvalue weighted by Crippen LogP contribution is 2.21. The molecule has 0 unspecified atom stereocenters. The molecule has 1 heterocycles. The number of hydrogen-bond acceptors (Lipinski definition) is 3. The van der Waals surface area contributed by atoms with Crippen molar-refractivity contribution < 1.29 is 9.18 Å². The summed E-state index contributed by atoms with van der Waals surface area (Å²) in [4.78, 5) is 16.2. The Kier molecular flexibility index (Phi) is 5.92. The van der Waals surface area contributed by atoms with Crippen molar-refractivity contribution in [2.45, 2.75) is 52.5 Å². The van der Waals surface area contributed by atoms with Gasteiger partial charge in [0.2, 0.25) is 0 Å². The third kappa shape index (κ3) is 3.46. The highest BCUT2D eigenvalue weighted by Gasteiger charge is 2.27. The summed E-state index contributed by atoms with van der Waals surface area (Å²) in [6, 6.07) is 1.41. The van der Waals surface area contributed by atoms with Gasteiger partial charge in [-0.2, -0.15) is 0 Å². The van der Waals surface area contributed by atoms with Crippen LogP contribution in [0.2, 0.25) is 0 Å². The summed E-state index contributed by atoms with van der Waals surface area (Å²) in [6.45, 7) is 8.49. The van der Waals surface area contributed by atoms with Crippen LogP contribution in [-0.2, 0) is 0 Å². The number of nitrogens with zero attached hydrogens (tertiary/aromatic N) is 1. The van der Waals surface area contributed by atoms with E-state index in [0.717, 1.165) is 19.3 Å². The molecule has 0 radical (unpaired) electrons. The smallest absolute Gasteiger partial charge is 0.254 e. The fourth-order valence-electron chi connectivity index (χ4n) is 2.23. The third-order valence-electron chi connectivity index (χ3n) is 3.89. The highest BCUT2D eigenvalue weighted by atomic mass is 19.1. The molecule has 1 rings (SSSR count). The molecule has 1 aromatic heterocycles. The highest BCUT2D eigenvalue weighted by molar-refractivity contribution is 5.95. The van der Waals surface area contributed by atoms with Gasteiger partial charge in [0.15, 0.2) is 11.6 Å². The van der Waals surface area contributed by atoms with Gasteiger partial charge in [-0.05, 0) is 32.3 Å². The molecule has 5 heteroatoms. The van der Waals surface area contributed by atoms with Crippen LogP contribution in [-0.4, -0.2) is 23.0 Å². The molecule has 0 aliphatic rings. The molecule has 4 nitrogen and oxygen atoms in total. The van der Waals surface area contributed by atoms with Gasteiger partial charge in [0.25, 0.3) is 5.91 Å². The maximum Gasteiger partial charge on any atom is 0.254 e. The van der Waals surface area contributed by atoms with Gasteiger partial charge in [-0.3, -0.25) is 4.79 Å². The summed E-state index contributed by atoms with van der Waals surface area (Å²) < 4.78 is 14.2. The average molecular weight is 281 g/mol. The number of aromatic nitrogens is 1.